The molecule has 0 aromatic rings. The maximum atomic E-state index is 8.89. The van der Waals surface area contributed by atoms with Gasteiger partial charge in [-0.2, -0.15) is 0 Å². The van der Waals surface area contributed by atoms with E-state index >= 15 is 0 Å². The van der Waals surface area contributed by atoms with E-state index in [9.17, 15) is 0 Å². The first-order valence-corrected chi connectivity index (χ1v) is 2.15. The van der Waals surface area contributed by atoms with Crippen molar-refractivity contribution in [3.05, 3.63) is 0 Å². The fourth-order valence-corrected chi connectivity index (χ4v) is 0. The molecule has 62 valence electrons. The van der Waals surface area contributed by atoms with Gasteiger partial charge in [0.05, 0.1) is 0 Å². The molecule has 0 aliphatic rings. The Labute approximate surface area is 80.7 Å². The average Bonchev–Trinajstić information content (AvgIpc) is 1.66. The van der Waals surface area contributed by atoms with Crippen LogP contribution in [0.15, 0.2) is 0 Å². The standard InChI is InChI=1S/2C2H4O2.Mg.H4N2/c2*1-2(3)4;;1-2/h2*1H3,(H,3,4);;1-2H2/q;;+2;/p-2. The second-order valence-electron chi connectivity index (χ2n) is 0.983. The van der Waals surface area contributed by atoms with Gasteiger partial charge in [0.15, 0.2) is 0 Å². The van der Waals surface area contributed by atoms with Gasteiger partial charge in [0.1, 0.15) is 0 Å². The second kappa shape index (κ2) is 22.6. The molecule has 0 aromatic carbocycles. The van der Waals surface area contributed by atoms with Gasteiger partial charge in [0, 0.05) is 11.9 Å². The molecule has 0 rings (SSSR count). The third-order valence-corrected chi connectivity index (χ3v) is 0. The fraction of sp³-hybridized carbons (Fsp3) is 0.500. The van der Waals surface area contributed by atoms with Gasteiger partial charge in [-0.25, -0.2) is 0 Å². The molecule has 0 heterocycles. The van der Waals surface area contributed by atoms with Crippen LogP contribution in [0, 0.1) is 0 Å². The predicted octanol–water partition coefficient (Wildman–Crippen LogP) is -4.05. The Morgan fingerprint density at radius 3 is 1.00 bits per heavy atom. The summed E-state index contributed by atoms with van der Waals surface area (Å²) >= 11 is 0. The summed E-state index contributed by atoms with van der Waals surface area (Å²) < 4.78 is 0. The minimum atomic E-state index is -1.08. The van der Waals surface area contributed by atoms with Crippen LogP contribution in [0.25, 0.3) is 0 Å². The molecule has 11 heavy (non-hydrogen) atoms. The summed E-state index contributed by atoms with van der Waals surface area (Å²) in [5.74, 6) is 5.83. The molecule has 0 aromatic heterocycles. The Morgan fingerprint density at radius 2 is 1.00 bits per heavy atom. The number of hydrazine groups is 1. The van der Waals surface area contributed by atoms with Crippen LogP contribution in [0.4, 0.5) is 0 Å². The Bertz CT molecular complexity index is 78.1. The molecule has 0 saturated heterocycles. The van der Waals surface area contributed by atoms with E-state index in [1.165, 1.54) is 0 Å². The van der Waals surface area contributed by atoms with Gasteiger partial charge in [-0.15, -0.1) is 0 Å². The summed E-state index contributed by atoms with van der Waals surface area (Å²) in [6.07, 6.45) is 0. The van der Waals surface area contributed by atoms with Crippen molar-refractivity contribution >= 4 is 35.0 Å². The van der Waals surface area contributed by atoms with Gasteiger partial charge in [-0.05, 0) is 13.8 Å². The van der Waals surface area contributed by atoms with Crippen LogP contribution < -0.4 is 21.9 Å². The first-order valence-electron chi connectivity index (χ1n) is 2.15. The smallest absolute Gasteiger partial charge is 0.550 e. The van der Waals surface area contributed by atoms with E-state index in [-0.39, 0.29) is 23.1 Å². The zero-order valence-electron chi connectivity index (χ0n) is 6.49. The molecular formula is C4H10MgN2O4. The van der Waals surface area contributed by atoms with E-state index in [4.69, 9.17) is 19.8 Å². The largest absolute Gasteiger partial charge is 2.00 e. The summed E-state index contributed by atoms with van der Waals surface area (Å²) in [6.45, 7) is 1.94. The van der Waals surface area contributed by atoms with Crippen LogP contribution in [0.2, 0.25) is 0 Å². The Hall–Kier alpha value is -0.374. The fourth-order valence-electron chi connectivity index (χ4n) is 0. The van der Waals surface area contributed by atoms with E-state index < -0.39 is 11.9 Å². The minimum Gasteiger partial charge on any atom is -0.550 e. The second-order valence-corrected chi connectivity index (χ2v) is 0.983. The predicted molar refractivity (Wildman–Crippen MR) is 35.5 cm³/mol. The molecule has 0 atom stereocenters. The number of nitrogens with two attached hydrogens (primary N) is 2. The molecule has 0 saturated carbocycles. The molecule has 0 spiro atoms. The SMILES string of the molecule is CC(=O)[O-].CC(=O)[O-].NN.[Mg+2]. The summed E-state index contributed by atoms with van der Waals surface area (Å²) in [4.78, 5) is 17.8. The first-order chi connectivity index (χ1) is 4.46. The number of carboxylic acids is 2. The number of carboxylic acid groups (broad SMARTS) is 2. The molecule has 4 N–H and O–H groups in total. The summed E-state index contributed by atoms with van der Waals surface area (Å²) in [6, 6.07) is 0. The van der Waals surface area contributed by atoms with Crippen molar-refractivity contribution in [2.75, 3.05) is 0 Å². The first kappa shape index (κ1) is 22.4. The number of carbonyl (C=O) groups excluding carboxylic acids is 2. The van der Waals surface area contributed by atoms with Gasteiger partial charge in [-0.3, -0.25) is 11.7 Å². The molecular weight excluding hydrogens is 164 g/mol. The zero-order chi connectivity index (χ0) is 9.15. The van der Waals surface area contributed by atoms with Gasteiger partial charge < -0.3 is 19.8 Å². The number of hydrogen-bond acceptors (Lipinski definition) is 6. The van der Waals surface area contributed by atoms with E-state index in [1.807, 2.05) is 0 Å². The third-order valence-electron chi connectivity index (χ3n) is 0. The number of carbonyl (C=O) groups is 2. The van der Waals surface area contributed by atoms with Crippen molar-refractivity contribution in [3.8, 4) is 0 Å². The Balaban J connectivity index is -0.0000000339. The maximum Gasteiger partial charge on any atom is 2.00 e. The minimum absolute atomic E-state index is 0. The molecule has 0 fully saturated rings. The van der Waals surface area contributed by atoms with Gasteiger partial charge in [0.25, 0.3) is 0 Å². The van der Waals surface area contributed by atoms with Gasteiger partial charge in [0.2, 0.25) is 0 Å². The molecule has 6 nitrogen and oxygen atoms in total. The topological polar surface area (TPSA) is 132 Å². The van der Waals surface area contributed by atoms with Crippen molar-refractivity contribution in [2.45, 2.75) is 13.8 Å². The molecule has 0 unspecified atom stereocenters. The number of rotatable bonds is 0. The zero-order valence-corrected chi connectivity index (χ0v) is 7.91. The van der Waals surface area contributed by atoms with E-state index in [0.29, 0.717) is 0 Å². The molecule has 0 aliphatic carbocycles. The van der Waals surface area contributed by atoms with E-state index in [1.54, 1.807) is 0 Å². The monoisotopic (exact) mass is 174 g/mol. The quantitative estimate of drug-likeness (QED) is 0.218. The normalized spacial score (nSPS) is 5.09. The molecule has 0 aliphatic heterocycles. The summed E-state index contributed by atoms with van der Waals surface area (Å²) in [5, 5.41) is 17.8. The average molecular weight is 174 g/mol. The molecule has 0 amide bonds. The van der Waals surface area contributed by atoms with Crippen molar-refractivity contribution in [2.24, 2.45) is 11.7 Å². The van der Waals surface area contributed by atoms with Crippen LogP contribution in [-0.4, -0.2) is 35.0 Å². The summed E-state index contributed by atoms with van der Waals surface area (Å²) in [5.41, 5.74) is 0. The number of aliphatic carboxylic acids is 2. The molecule has 0 bridgehead atoms. The number of hydrogen-bond donors (Lipinski definition) is 2. The maximum absolute atomic E-state index is 8.89. The Morgan fingerprint density at radius 1 is 1.00 bits per heavy atom. The molecule has 7 heteroatoms. The molecule has 0 radical (unpaired) electrons. The Kier molecular flexibility index (Phi) is 46.1. The van der Waals surface area contributed by atoms with Crippen LogP contribution in [0.1, 0.15) is 13.8 Å². The van der Waals surface area contributed by atoms with Gasteiger partial charge in [-0.1, -0.05) is 0 Å². The van der Waals surface area contributed by atoms with Crippen molar-refractivity contribution < 1.29 is 19.8 Å². The van der Waals surface area contributed by atoms with Crippen molar-refractivity contribution in [1.82, 2.24) is 0 Å². The van der Waals surface area contributed by atoms with Crippen LogP contribution in [0.3, 0.4) is 0 Å². The van der Waals surface area contributed by atoms with Crippen molar-refractivity contribution in [1.29, 1.82) is 0 Å². The van der Waals surface area contributed by atoms with Crippen LogP contribution in [-0.2, 0) is 9.59 Å². The van der Waals surface area contributed by atoms with E-state index in [2.05, 4.69) is 11.7 Å². The van der Waals surface area contributed by atoms with Gasteiger partial charge >= 0.3 is 23.1 Å². The third kappa shape index (κ3) is 4010. The van der Waals surface area contributed by atoms with Crippen LogP contribution >= 0.6 is 0 Å². The van der Waals surface area contributed by atoms with E-state index in [0.717, 1.165) is 13.8 Å². The van der Waals surface area contributed by atoms with Crippen LogP contribution in [0.5, 0.6) is 0 Å². The summed E-state index contributed by atoms with van der Waals surface area (Å²) in [7, 11) is 0. The van der Waals surface area contributed by atoms with Crippen molar-refractivity contribution in [3.63, 3.8) is 0 Å².